The first-order chi connectivity index (χ1) is 5.63. The maximum Gasteiger partial charge on any atom is 0.195 e. The average Bonchev–Trinajstić information content (AvgIpc) is 2.11. The molecular weight excluding hydrogens is 152 g/mol. The third kappa shape index (κ3) is 3.31. The van der Waals surface area contributed by atoms with Crippen molar-refractivity contribution in [2.24, 2.45) is 0 Å². The lowest BCUT2D eigenvalue weighted by Gasteiger charge is -2.00. The number of unbranched alkanes of at least 4 members (excludes halogenated alkanes) is 1. The number of Topliss-reactive ketones (excluding diaryl/α,β-unsaturated/α-hetero) is 1. The van der Waals surface area contributed by atoms with Crippen LogP contribution in [0.2, 0.25) is 0 Å². The summed E-state index contributed by atoms with van der Waals surface area (Å²) in [5.41, 5.74) is 0.633. The lowest BCUT2D eigenvalue weighted by molar-refractivity contribution is -0.112. The molecule has 0 spiro atoms. The maximum atomic E-state index is 11.2. The van der Waals surface area contributed by atoms with Crippen LogP contribution in [0.5, 0.6) is 0 Å². The Hall–Kier alpha value is -1.14. The molecule has 12 heavy (non-hydrogen) atoms. The van der Waals surface area contributed by atoms with Gasteiger partial charge in [0.15, 0.2) is 5.78 Å². The Morgan fingerprint density at radius 1 is 1.50 bits per heavy atom. The molecule has 0 saturated heterocycles. The summed E-state index contributed by atoms with van der Waals surface area (Å²) in [5, 5.41) is 0. The fourth-order valence-electron chi connectivity index (χ4n) is 0.815. The summed E-state index contributed by atoms with van der Waals surface area (Å²) in [5.74, 6) is 1.33. The Labute approximate surface area is 73.0 Å². The van der Waals surface area contributed by atoms with E-state index in [-0.39, 0.29) is 11.4 Å². The Morgan fingerprint density at radius 2 is 2.08 bits per heavy atom. The Morgan fingerprint density at radius 3 is 2.50 bits per heavy atom. The van der Waals surface area contributed by atoms with Crippen molar-refractivity contribution >= 4 is 11.7 Å². The van der Waals surface area contributed by atoms with Crippen molar-refractivity contribution in [3.05, 3.63) is 17.7 Å². The lowest BCUT2D eigenvalue weighted by Crippen LogP contribution is -2.03. The van der Waals surface area contributed by atoms with Crippen LogP contribution in [0.3, 0.4) is 0 Å². The van der Waals surface area contributed by atoms with Crippen LogP contribution in [-0.2, 0) is 9.59 Å². The van der Waals surface area contributed by atoms with Crippen molar-refractivity contribution in [3.8, 4) is 0 Å². The molecule has 0 bridgehead atoms. The molecule has 0 saturated carbocycles. The maximum absolute atomic E-state index is 11.2. The van der Waals surface area contributed by atoms with Crippen LogP contribution in [0.4, 0.5) is 0 Å². The van der Waals surface area contributed by atoms with Crippen molar-refractivity contribution in [1.82, 2.24) is 0 Å². The van der Waals surface area contributed by atoms with Crippen molar-refractivity contribution in [3.63, 3.8) is 0 Å². The number of carbonyl (C=O) groups is 1. The second-order valence-electron chi connectivity index (χ2n) is 2.76. The minimum absolute atomic E-state index is 0.121. The molecule has 66 valence electrons. The Bertz CT molecular complexity index is 232. The first kappa shape index (κ1) is 10.9. The first-order valence-corrected chi connectivity index (χ1v) is 4.07. The predicted molar refractivity (Wildman–Crippen MR) is 48.6 cm³/mol. The number of carbonyl (C=O) groups excluding carboxylic acids is 2. The second kappa shape index (κ2) is 5.50. The predicted octanol–water partition coefficient (Wildman–Crippen LogP) is 2.08. The van der Waals surface area contributed by atoms with Gasteiger partial charge in [-0.15, -0.1) is 0 Å². The molecule has 0 N–H and O–H groups in total. The zero-order valence-corrected chi connectivity index (χ0v) is 7.64. The highest BCUT2D eigenvalue weighted by molar-refractivity contribution is 6.11. The summed E-state index contributed by atoms with van der Waals surface area (Å²) < 4.78 is 0. The van der Waals surface area contributed by atoms with E-state index in [1.165, 1.54) is 6.92 Å². The Kier molecular flexibility index (Phi) is 4.98. The number of hydrogen-bond donors (Lipinski definition) is 0. The molecule has 0 aromatic heterocycles. The van der Waals surface area contributed by atoms with Crippen LogP contribution in [0.1, 0.15) is 33.1 Å². The quantitative estimate of drug-likeness (QED) is 0.463. The molecule has 0 fully saturated rings. The van der Waals surface area contributed by atoms with Crippen LogP contribution >= 0.6 is 0 Å². The van der Waals surface area contributed by atoms with Gasteiger partial charge < -0.3 is 0 Å². The topological polar surface area (TPSA) is 34.1 Å². The molecule has 2 nitrogen and oxygen atoms in total. The molecule has 0 amide bonds. The minimum atomic E-state index is -0.251. The van der Waals surface area contributed by atoms with E-state index in [1.54, 1.807) is 5.94 Å². The number of allylic oxidation sites excluding steroid dienone is 2. The molecule has 0 aliphatic carbocycles. The number of hydrogen-bond acceptors (Lipinski definition) is 2. The third-order valence-electron chi connectivity index (χ3n) is 1.65. The molecule has 0 heterocycles. The van der Waals surface area contributed by atoms with Crippen molar-refractivity contribution in [1.29, 1.82) is 0 Å². The van der Waals surface area contributed by atoms with Gasteiger partial charge in [-0.3, -0.25) is 4.79 Å². The van der Waals surface area contributed by atoms with E-state index < -0.39 is 0 Å². The van der Waals surface area contributed by atoms with Gasteiger partial charge in [0.2, 0.25) is 0 Å². The van der Waals surface area contributed by atoms with E-state index in [9.17, 15) is 9.59 Å². The Balaban J connectivity index is 4.12. The standard InChI is InChI=1S/C10H14O2/c1-4-5-6-8(2)10(12)9(3)7-11/h2,4-6H2,1,3H3. The smallest absolute Gasteiger partial charge is 0.195 e. The second-order valence-corrected chi connectivity index (χ2v) is 2.76. The molecular formula is C10H14O2. The van der Waals surface area contributed by atoms with Crippen molar-refractivity contribution in [2.45, 2.75) is 33.1 Å². The molecule has 0 aromatic carbocycles. The molecule has 0 radical (unpaired) electrons. The highest BCUT2D eigenvalue weighted by Gasteiger charge is 2.08. The molecule has 0 aliphatic heterocycles. The molecule has 0 atom stereocenters. The zero-order chi connectivity index (χ0) is 9.56. The highest BCUT2D eigenvalue weighted by Crippen LogP contribution is 2.09. The molecule has 0 aromatic rings. The third-order valence-corrected chi connectivity index (χ3v) is 1.65. The molecule has 0 aliphatic rings. The van der Waals surface area contributed by atoms with Gasteiger partial charge in [-0.2, -0.15) is 0 Å². The van der Waals surface area contributed by atoms with E-state index in [1.807, 2.05) is 6.92 Å². The van der Waals surface area contributed by atoms with E-state index in [0.29, 0.717) is 12.0 Å². The van der Waals surface area contributed by atoms with Gasteiger partial charge in [0.05, 0.1) is 5.57 Å². The fourth-order valence-corrected chi connectivity index (χ4v) is 0.815. The monoisotopic (exact) mass is 166 g/mol. The largest absolute Gasteiger partial charge is 0.289 e. The molecule has 0 rings (SSSR count). The van der Waals surface area contributed by atoms with Crippen LogP contribution in [0.15, 0.2) is 17.7 Å². The van der Waals surface area contributed by atoms with E-state index in [2.05, 4.69) is 6.58 Å². The minimum Gasteiger partial charge on any atom is -0.289 e. The summed E-state index contributed by atoms with van der Waals surface area (Å²) >= 11 is 0. The summed E-state index contributed by atoms with van der Waals surface area (Å²) in [6, 6.07) is 0. The van der Waals surface area contributed by atoms with Gasteiger partial charge in [0, 0.05) is 0 Å². The van der Waals surface area contributed by atoms with Gasteiger partial charge in [-0.1, -0.05) is 19.9 Å². The number of rotatable bonds is 5. The average molecular weight is 166 g/mol. The summed E-state index contributed by atoms with van der Waals surface area (Å²) in [4.78, 5) is 21.3. The summed E-state index contributed by atoms with van der Waals surface area (Å²) in [6.07, 6.45) is 2.64. The van der Waals surface area contributed by atoms with Crippen LogP contribution < -0.4 is 0 Å². The van der Waals surface area contributed by atoms with Gasteiger partial charge in [0.25, 0.3) is 0 Å². The van der Waals surface area contributed by atoms with Crippen LogP contribution in [0, 0.1) is 0 Å². The van der Waals surface area contributed by atoms with Crippen molar-refractivity contribution < 1.29 is 9.59 Å². The summed E-state index contributed by atoms with van der Waals surface area (Å²) in [7, 11) is 0. The van der Waals surface area contributed by atoms with Crippen LogP contribution in [0.25, 0.3) is 0 Å². The van der Waals surface area contributed by atoms with E-state index >= 15 is 0 Å². The fraction of sp³-hybridized carbons (Fsp3) is 0.500. The van der Waals surface area contributed by atoms with Gasteiger partial charge >= 0.3 is 0 Å². The number of ketones is 1. The van der Waals surface area contributed by atoms with Crippen LogP contribution in [-0.4, -0.2) is 11.7 Å². The van der Waals surface area contributed by atoms with Gasteiger partial charge in [-0.05, 0) is 25.3 Å². The zero-order valence-electron chi connectivity index (χ0n) is 7.64. The normalized spacial score (nSPS) is 8.83. The van der Waals surface area contributed by atoms with E-state index in [0.717, 1.165) is 12.8 Å². The van der Waals surface area contributed by atoms with E-state index in [4.69, 9.17) is 0 Å². The highest BCUT2D eigenvalue weighted by atomic mass is 16.1. The first-order valence-electron chi connectivity index (χ1n) is 4.07. The lowest BCUT2D eigenvalue weighted by atomic mass is 10.0. The molecule has 0 unspecified atom stereocenters. The molecule has 2 heteroatoms. The van der Waals surface area contributed by atoms with Gasteiger partial charge in [0.1, 0.15) is 5.94 Å². The van der Waals surface area contributed by atoms with Crippen molar-refractivity contribution in [2.75, 3.05) is 0 Å². The van der Waals surface area contributed by atoms with Gasteiger partial charge in [-0.25, -0.2) is 4.79 Å². The summed E-state index contributed by atoms with van der Waals surface area (Å²) in [6.45, 7) is 7.12. The SMILES string of the molecule is C=C(CCCC)C(=O)C(C)=C=O.